The largest absolute Gasteiger partial charge is 0.493 e. The Kier molecular flexibility index (Phi) is 8.69. The molecule has 0 saturated carbocycles. The molecule has 3 N–H and O–H groups in total. The highest BCUT2D eigenvalue weighted by Crippen LogP contribution is 2.23. The minimum atomic E-state index is -0.576. The lowest BCUT2D eigenvalue weighted by atomic mass is 10.2. The summed E-state index contributed by atoms with van der Waals surface area (Å²) in [6.45, 7) is 2.51. The first kappa shape index (κ1) is 23.2. The zero-order valence-corrected chi connectivity index (χ0v) is 18.3. The minimum Gasteiger partial charge on any atom is -0.493 e. The molecule has 2 aromatic rings. The van der Waals surface area contributed by atoms with E-state index in [1.165, 1.54) is 24.3 Å². The number of benzene rings is 2. The molecule has 0 aromatic heterocycles. The van der Waals surface area contributed by atoms with E-state index in [0.717, 1.165) is 12.8 Å². The van der Waals surface area contributed by atoms with E-state index in [1.54, 1.807) is 18.2 Å². The number of ether oxygens (including phenoxy) is 1. The van der Waals surface area contributed by atoms with E-state index < -0.39 is 16.7 Å². The van der Waals surface area contributed by atoms with Crippen LogP contribution < -0.4 is 20.9 Å². The van der Waals surface area contributed by atoms with E-state index in [4.69, 9.17) is 17.0 Å². The van der Waals surface area contributed by atoms with Crippen molar-refractivity contribution in [2.75, 3.05) is 6.61 Å². The summed E-state index contributed by atoms with van der Waals surface area (Å²) in [6, 6.07) is 10.1. The van der Waals surface area contributed by atoms with Crippen molar-refractivity contribution in [3.05, 3.63) is 68.2 Å². The predicted octanol–water partition coefficient (Wildman–Crippen LogP) is 3.49. The van der Waals surface area contributed by atoms with Crippen LogP contribution in [0, 0.1) is 10.1 Å². The molecule has 0 spiro atoms. The van der Waals surface area contributed by atoms with Gasteiger partial charge in [0.05, 0.1) is 17.1 Å². The summed E-state index contributed by atoms with van der Waals surface area (Å²) in [6.07, 6.45) is 1.81. The Bertz CT molecular complexity index is 952. The highest BCUT2D eigenvalue weighted by molar-refractivity contribution is 9.10. The van der Waals surface area contributed by atoms with Gasteiger partial charge in [0.2, 0.25) is 0 Å². The number of halogens is 1. The van der Waals surface area contributed by atoms with Gasteiger partial charge in [-0.25, -0.2) is 0 Å². The molecule has 0 aliphatic rings. The number of rotatable bonds is 7. The van der Waals surface area contributed by atoms with Crippen molar-refractivity contribution in [2.24, 2.45) is 0 Å². The molecular formula is C19H19BrN4O5S. The molecule has 9 nitrogen and oxygen atoms in total. The van der Waals surface area contributed by atoms with Crippen LogP contribution in [0.3, 0.4) is 0 Å². The number of amides is 2. The lowest BCUT2D eigenvalue weighted by Gasteiger charge is -2.14. The maximum absolute atomic E-state index is 12.6. The number of carbonyl (C=O) groups is 2. The van der Waals surface area contributed by atoms with Crippen molar-refractivity contribution in [2.45, 2.75) is 19.8 Å². The zero-order chi connectivity index (χ0) is 22.1. The number of hydrogen-bond acceptors (Lipinski definition) is 6. The Morgan fingerprint density at radius 1 is 1.13 bits per heavy atom. The molecule has 30 heavy (non-hydrogen) atoms. The topological polar surface area (TPSA) is 123 Å². The molecule has 0 heterocycles. The van der Waals surface area contributed by atoms with Crippen LogP contribution in [0.5, 0.6) is 5.75 Å². The molecule has 2 amide bonds. The summed E-state index contributed by atoms with van der Waals surface area (Å²) >= 11 is 8.36. The second-order valence-corrected chi connectivity index (χ2v) is 7.33. The second kappa shape index (κ2) is 11.2. The van der Waals surface area contributed by atoms with Crippen molar-refractivity contribution in [3.63, 3.8) is 0 Å². The van der Waals surface area contributed by atoms with Crippen LogP contribution in [0.2, 0.25) is 0 Å². The van der Waals surface area contributed by atoms with Gasteiger partial charge in [0.1, 0.15) is 5.75 Å². The van der Waals surface area contributed by atoms with Gasteiger partial charge in [-0.2, -0.15) is 0 Å². The maximum atomic E-state index is 12.6. The van der Waals surface area contributed by atoms with Crippen molar-refractivity contribution >= 4 is 50.8 Å². The van der Waals surface area contributed by atoms with E-state index in [0.29, 0.717) is 16.8 Å². The molecule has 2 rings (SSSR count). The van der Waals surface area contributed by atoms with Gasteiger partial charge in [0, 0.05) is 22.2 Å². The summed E-state index contributed by atoms with van der Waals surface area (Å²) < 4.78 is 6.35. The first-order valence-corrected chi connectivity index (χ1v) is 10.1. The van der Waals surface area contributed by atoms with Crippen LogP contribution in [0.1, 0.15) is 40.5 Å². The monoisotopic (exact) mass is 494 g/mol. The van der Waals surface area contributed by atoms with Gasteiger partial charge in [-0.3, -0.25) is 35.9 Å². The third-order valence-corrected chi connectivity index (χ3v) is 4.50. The van der Waals surface area contributed by atoms with Gasteiger partial charge in [-0.15, -0.1) is 0 Å². The maximum Gasteiger partial charge on any atom is 0.269 e. The quantitative estimate of drug-likeness (QED) is 0.233. The SMILES string of the molecule is CCCCOc1ccc(Br)cc1C(=O)NC(=S)NNC(=O)c1ccc([N+](=O)[O-])cc1. The Morgan fingerprint density at radius 2 is 1.83 bits per heavy atom. The number of hydrazine groups is 1. The average molecular weight is 495 g/mol. The highest BCUT2D eigenvalue weighted by Gasteiger charge is 2.16. The normalized spacial score (nSPS) is 10.1. The predicted molar refractivity (Wildman–Crippen MR) is 118 cm³/mol. The van der Waals surface area contributed by atoms with Crippen LogP contribution in [0.4, 0.5) is 5.69 Å². The Hall–Kier alpha value is -3.05. The van der Waals surface area contributed by atoms with E-state index in [-0.39, 0.29) is 21.9 Å². The molecule has 0 atom stereocenters. The van der Waals surface area contributed by atoms with Gasteiger partial charge in [-0.1, -0.05) is 29.3 Å². The van der Waals surface area contributed by atoms with Gasteiger partial charge >= 0.3 is 0 Å². The average Bonchev–Trinajstić information content (AvgIpc) is 2.73. The third kappa shape index (κ3) is 6.78. The molecule has 0 radical (unpaired) electrons. The first-order chi connectivity index (χ1) is 14.3. The van der Waals surface area contributed by atoms with Crippen molar-refractivity contribution < 1.29 is 19.2 Å². The van der Waals surface area contributed by atoms with Crippen LogP contribution in [0.25, 0.3) is 0 Å². The lowest BCUT2D eigenvalue weighted by molar-refractivity contribution is -0.384. The molecule has 0 aliphatic carbocycles. The standard InChI is InChI=1S/C19H19BrN4O5S/c1-2-3-10-29-16-9-6-13(20)11-15(16)18(26)21-19(30)23-22-17(25)12-4-7-14(8-5-12)24(27)28/h4-9,11H,2-3,10H2,1H3,(H,22,25)(H2,21,23,26,30). The van der Waals surface area contributed by atoms with E-state index >= 15 is 0 Å². The fourth-order valence-corrected chi connectivity index (χ4v) is 2.76. The Balaban J connectivity index is 1.94. The van der Waals surface area contributed by atoms with Gasteiger partial charge in [-0.05, 0) is 49.0 Å². The Morgan fingerprint density at radius 3 is 2.47 bits per heavy atom. The summed E-state index contributed by atoms with van der Waals surface area (Å²) in [5.41, 5.74) is 5.07. The number of nitro benzene ring substituents is 1. The van der Waals surface area contributed by atoms with Gasteiger partial charge < -0.3 is 4.74 Å². The van der Waals surface area contributed by atoms with Crippen molar-refractivity contribution in [1.29, 1.82) is 0 Å². The second-order valence-electron chi connectivity index (χ2n) is 6.01. The summed E-state index contributed by atoms with van der Waals surface area (Å²) in [5, 5.41) is 13.0. The third-order valence-electron chi connectivity index (χ3n) is 3.80. The summed E-state index contributed by atoms with van der Waals surface area (Å²) in [4.78, 5) is 34.7. The zero-order valence-electron chi connectivity index (χ0n) is 15.9. The Labute approximate surface area is 186 Å². The van der Waals surface area contributed by atoms with Crippen LogP contribution >= 0.6 is 28.1 Å². The number of nitrogens with one attached hydrogen (secondary N) is 3. The van der Waals surface area contributed by atoms with E-state index in [1.807, 2.05) is 6.92 Å². The van der Waals surface area contributed by atoms with Crippen LogP contribution in [-0.2, 0) is 0 Å². The number of carbonyl (C=O) groups excluding carboxylic acids is 2. The molecule has 0 saturated heterocycles. The molecule has 0 bridgehead atoms. The lowest BCUT2D eigenvalue weighted by Crippen LogP contribution is -2.48. The summed E-state index contributed by atoms with van der Waals surface area (Å²) in [7, 11) is 0. The first-order valence-electron chi connectivity index (χ1n) is 8.90. The fraction of sp³-hybridized carbons (Fsp3) is 0.211. The number of thiocarbonyl (C=S) groups is 1. The van der Waals surface area contributed by atoms with Gasteiger partial charge in [0.15, 0.2) is 5.11 Å². The fourth-order valence-electron chi connectivity index (χ4n) is 2.25. The van der Waals surface area contributed by atoms with Gasteiger partial charge in [0.25, 0.3) is 17.5 Å². The number of nitrogens with zero attached hydrogens (tertiary/aromatic N) is 1. The number of nitro groups is 1. The summed E-state index contributed by atoms with van der Waals surface area (Å²) in [5.74, 6) is -0.667. The minimum absolute atomic E-state index is 0.130. The highest BCUT2D eigenvalue weighted by atomic mass is 79.9. The van der Waals surface area contributed by atoms with E-state index in [2.05, 4.69) is 32.1 Å². The number of non-ortho nitro benzene ring substituents is 1. The number of hydrogen-bond donors (Lipinski definition) is 3. The van der Waals surface area contributed by atoms with Crippen molar-refractivity contribution in [1.82, 2.24) is 16.2 Å². The molecule has 11 heteroatoms. The number of unbranched alkanes of at least 4 members (excludes halogenated alkanes) is 1. The molecule has 158 valence electrons. The molecule has 0 fully saturated rings. The smallest absolute Gasteiger partial charge is 0.269 e. The molecular weight excluding hydrogens is 476 g/mol. The molecule has 0 aliphatic heterocycles. The van der Waals surface area contributed by atoms with E-state index in [9.17, 15) is 19.7 Å². The molecule has 2 aromatic carbocycles. The molecule has 0 unspecified atom stereocenters. The van der Waals surface area contributed by atoms with Crippen LogP contribution in [0.15, 0.2) is 46.9 Å². The van der Waals surface area contributed by atoms with Crippen LogP contribution in [-0.4, -0.2) is 28.5 Å². The van der Waals surface area contributed by atoms with Crippen molar-refractivity contribution in [3.8, 4) is 5.75 Å².